The average molecular weight is 215 g/mol. The van der Waals surface area contributed by atoms with Crippen molar-refractivity contribution in [2.75, 3.05) is 5.32 Å². The SMILES string of the molecule is Cc1cc(C)n(-c2ccc(NC=O)cc2)n1. The molecule has 0 aliphatic rings. The van der Waals surface area contributed by atoms with E-state index in [-0.39, 0.29) is 0 Å². The van der Waals surface area contributed by atoms with Gasteiger partial charge in [0, 0.05) is 11.4 Å². The molecular formula is C12H13N3O. The molecule has 0 aliphatic heterocycles. The molecule has 0 fully saturated rings. The highest BCUT2D eigenvalue weighted by atomic mass is 16.1. The molecule has 1 N–H and O–H groups in total. The predicted molar refractivity (Wildman–Crippen MR) is 62.7 cm³/mol. The van der Waals surface area contributed by atoms with Gasteiger partial charge < -0.3 is 5.32 Å². The number of anilines is 1. The molecule has 0 atom stereocenters. The first-order valence-corrected chi connectivity index (χ1v) is 5.04. The molecule has 4 heteroatoms. The minimum Gasteiger partial charge on any atom is -0.329 e. The Balaban J connectivity index is 2.34. The highest BCUT2D eigenvalue weighted by molar-refractivity contribution is 5.71. The molecule has 0 spiro atoms. The van der Waals surface area contributed by atoms with Crippen molar-refractivity contribution in [3.05, 3.63) is 41.7 Å². The van der Waals surface area contributed by atoms with Gasteiger partial charge in [0.05, 0.1) is 11.4 Å². The summed E-state index contributed by atoms with van der Waals surface area (Å²) < 4.78 is 1.88. The van der Waals surface area contributed by atoms with Crippen LogP contribution < -0.4 is 5.32 Å². The Morgan fingerprint density at radius 2 is 1.94 bits per heavy atom. The van der Waals surface area contributed by atoms with E-state index in [9.17, 15) is 4.79 Å². The number of nitrogens with zero attached hydrogens (tertiary/aromatic N) is 2. The van der Waals surface area contributed by atoms with Crippen LogP contribution in [-0.2, 0) is 4.79 Å². The molecule has 16 heavy (non-hydrogen) atoms. The summed E-state index contributed by atoms with van der Waals surface area (Å²) >= 11 is 0. The third-order valence-electron chi connectivity index (χ3n) is 2.35. The van der Waals surface area contributed by atoms with Crippen LogP contribution in [-0.4, -0.2) is 16.2 Å². The van der Waals surface area contributed by atoms with Crippen molar-refractivity contribution in [2.24, 2.45) is 0 Å². The highest BCUT2D eigenvalue weighted by Gasteiger charge is 2.02. The number of benzene rings is 1. The summed E-state index contributed by atoms with van der Waals surface area (Å²) in [6, 6.07) is 9.56. The lowest BCUT2D eigenvalue weighted by Gasteiger charge is -2.05. The number of aromatic nitrogens is 2. The molecule has 1 aromatic carbocycles. The van der Waals surface area contributed by atoms with Gasteiger partial charge in [0.15, 0.2) is 0 Å². The molecule has 1 heterocycles. The fraction of sp³-hybridized carbons (Fsp3) is 0.167. The van der Waals surface area contributed by atoms with Gasteiger partial charge in [-0.05, 0) is 44.2 Å². The molecule has 1 amide bonds. The second-order valence-corrected chi connectivity index (χ2v) is 3.65. The third-order valence-corrected chi connectivity index (χ3v) is 2.35. The first-order chi connectivity index (χ1) is 7.70. The smallest absolute Gasteiger partial charge is 0.211 e. The van der Waals surface area contributed by atoms with Crippen LogP contribution in [0.4, 0.5) is 5.69 Å². The number of hydrogen-bond acceptors (Lipinski definition) is 2. The summed E-state index contributed by atoms with van der Waals surface area (Å²) in [5, 5.41) is 6.98. The summed E-state index contributed by atoms with van der Waals surface area (Å²) in [5.41, 5.74) is 3.85. The van der Waals surface area contributed by atoms with Gasteiger partial charge in [-0.25, -0.2) is 4.68 Å². The zero-order valence-corrected chi connectivity index (χ0v) is 9.27. The Kier molecular flexibility index (Phi) is 2.72. The lowest BCUT2D eigenvalue weighted by molar-refractivity contribution is -0.105. The maximum atomic E-state index is 10.3. The van der Waals surface area contributed by atoms with Gasteiger partial charge in [0.2, 0.25) is 6.41 Å². The molecule has 2 aromatic rings. The zero-order valence-electron chi connectivity index (χ0n) is 9.27. The quantitative estimate of drug-likeness (QED) is 0.796. The van der Waals surface area contributed by atoms with Gasteiger partial charge in [-0.15, -0.1) is 0 Å². The maximum absolute atomic E-state index is 10.3. The Morgan fingerprint density at radius 1 is 1.25 bits per heavy atom. The summed E-state index contributed by atoms with van der Waals surface area (Å²) in [6.07, 6.45) is 0.665. The number of aryl methyl sites for hydroxylation is 2. The number of carbonyl (C=O) groups is 1. The summed E-state index contributed by atoms with van der Waals surface area (Å²) in [4.78, 5) is 10.3. The molecule has 0 unspecified atom stereocenters. The van der Waals surface area contributed by atoms with E-state index in [0.717, 1.165) is 22.8 Å². The topological polar surface area (TPSA) is 46.9 Å². The van der Waals surface area contributed by atoms with Crippen LogP contribution in [0.15, 0.2) is 30.3 Å². The lowest BCUT2D eigenvalue weighted by atomic mass is 10.3. The van der Waals surface area contributed by atoms with Gasteiger partial charge >= 0.3 is 0 Å². The standard InChI is InChI=1S/C12H13N3O/c1-9-7-10(2)15(14-9)12-5-3-11(4-6-12)13-8-16/h3-8H,1-2H3,(H,13,16). The van der Waals surface area contributed by atoms with E-state index in [1.54, 1.807) is 0 Å². The maximum Gasteiger partial charge on any atom is 0.211 e. The van der Waals surface area contributed by atoms with Gasteiger partial charge in [0.1, 0.15) is 0 Å². The number of rotatable bonds is 3. The van der Waals surface area contributed by atoms with E-state index in [1.165, 1.54) is 0 Å². The second-order valence-electron chi connectivity index (χ2n) is 3.65. The summed E-state index contributed by atoms with van der Waals surface area (Å²) in [5.74, 6) is 0. The molecule has 4 nitrogen and oxygen atoms in total. The predicted octanol–water partition coefficient (Wildman–Crippen LogP) is 2.06. The van der Waals surface area contributed by atoms with Gasteiger partial charge in [-0.3, -0.25) is 4.79 Å². The van der Waals surface area contributed by atoms with Crippen molar-refractivity contribution in [1.82, 2.24) is 9.78 Å². The van der Waals surface area contributed by atoms with E-state index >= 15 is 0 Å². The lowest BCUT2D eigenvalue weighted by Crippen LogP contribution is -1.99. The highest BCUT2D eigenvalue weighted by Crippen LogP contribution is 2.14. The molecule has 1 aromatic heterocycles. The number of hydrogen-bond donors (Lipinski definition) is 1. The van der Waals surface area contributed by atoms with E-state index in [0.29, 0.717) is 6.41 Å². The van der Waals surface area contributed by atoms with Gasteiger partial charge in [-0.2, -0.15) is 5.10 Å². The Labute approximate surface area is 93.9 Å². The van der Waals surface area contributed by atoms with E-state index < -0.39 is 0 Å². The van der Waals surface area contributed by atoms with Gasteiger partial charge in [-0.1, -0.05) is 0 Å². The Hall–Kier alpha value is -2.10. The van der Waals surface area contributed by atoms with E-state index in [2.05, 4.69) is 10.4 Å². The van der Waals surface area contributed by atoms with Crippen LogP contribution >= 0.6 is 0 Å². The average Bonchev–Trinajstić information content (AvgIpc) is 2.59. The monoisotopic (exact) mass is 215 g/mol. The number of carbonyl (C=O) groups excluding carboxylic acids is 1. The Bertz CT molecular complexity index is 499. The normalized spacial score (nSPS) is 10.1. The molecule has 0 radical (unpaired) electrons. The minimum atomic E-state index is 0.665. The molecular weight excluding hydrogens is 202 g/mol. The van der Waals surface area contributed by atoms with Crippen molar-refractivity contribution >= 4 is 12.1 Å². The van der Waals surface area contributed by atoms with Gasteiger partial charge in [0.25, 0.3) is 0 Å². The molecule has 82 valence electrons. The van der Waals surface area contributed by atoms with E-state index in [4.69, 9.17) is 0 Å². The van der Waals surface area contributed by atoms with Crippen molar-refractivity contribution in [1.29, 1.82) is 0 Å². The zero-order chi connectivity index (χ0) is 11.5. The van der Waals surface area contributed by atoms with Crippen molar-refractivity contribution < 1.29 is 4.79 Å². The first-order valence-electron chi connectivity index (χ1n) is 5.04. The van der Waals surface area contributed by atoms with Crippen LogP contribution in [0.1, 0.15) is 11.4 Å². The van der Waals surface area contributed by atoms with E-state index in [1.807, 2.05) is 48.9 Å². The van der Waals surface area contributed by atoms with Crippen LogP contribution in [0.25, 0.3) is 5.69 Å². The summed E-state index contributed by atoms with van der Waals surface area (Å²) in [6.45, 7) is 3.98. The number of nitrogens with one attached hydrogen (secondary N) is 1. The molecule has 0 bridgehead atoms. The second kappa shape index (κ2) is 4.18. The fourth-order valence-corrected chi connectivity index (χ4v) is 1.66. The Morgan fingerprint density at radius 3 is 2.44 bits per heavy atom. The molecule has 0 aliphatic carbocycles. The molecule has 0 saturated heterocycles. The molecule has 2 rings (SSSR count). The first kappa shape index (κ1) is 10.4. The minimum absolute atomic E-state index is 0.665. The number of amides is 1. The molecule has 0 saturated carbocycles. The van der Waals surface area contributed by atoms with Crippen LogP contribution in [0.2, 0.25) is 0 Å². The van der Waals surface area contributed by atoms with Crippen LogP contribution in [0.5, 0.6) is 0 Å². The summed E-state index contributed by atoms with van der Waals surface area (Å²) in [7, 11) is 0. The van der Waals surface area contributed by atoms with Crippen molar-refractivity contribution in [2.45, 2.75) is 13.8 Å². The van der Waals surface area contributed by atoms with Crippen LogP contribution in [0, 0.1) is 13.8 Å². The van der Waals surface area contributed by atoms with Crippen molar-refractivity contribution in [3.63, 3.8) is 0 Å². The fourth-order valence-electron chi connectivity index (χ4n) is 1.66. The van der Waals surface area contributed by atoms with Crippen LogP contribution in [0.3, 0.4) is 0 Å². The van der Waals surface area contributed by atoms with Crippen molar-refractivity contribution in [3.8, 4) is 5.69 Å². The largest absolute Gasteiger partial charge is 0.329 e. The third kappa shape index (κ3) is 1.95.